The second-order valence-electron chi connectivity index (χ2n) is 10.5. The number of hydrogen-bond acceptors (Lipinski definition) is 6. The molecule has 8 heteroatoms. The number of amides is 1. The third-order valence-corrected chi connectivity index (χ3v) is 7.23. The van der Waals surface area contributed by atoms with E-state index in [0.29, 0.717) is 38.8 Å². The number of carbonyl (C=O) groups excluding carboxylic acids is 1. The average Bonchev–Trinajstić information content (AvgIpc) is 3.40. The summed E-state index contributed by atoms with van der Waals surface area (Å²) < 4.78 is 13.1. The van der Waals surface area contributed by atoms with Crippen molar-refractivity contribution in [3.63, 3.8) is 0 Å². The Kier molecular flexibility index (Phi) is 10.5. The fraction of sp³-hybridized carbons (Fsp3) is 0.516. The van der Waals surface area contributed by atoms with Gasteiger partial charge in [-0.05, 0) is 60.9 Å². The van der Waals surface area contributed by atoms with Crippen LogP contribution in [0.1, 0.15) is 80.7 Å². The molecule has 0 fully saturated rings. The molecule has 0 radical (unpaired) electrons. The number of pyridine rings is 1. The van der Waals surface area contributed by atoms with Crippen molar-refractivity contribution >= 4 is 11.6 Å². The summed E-state index contributed by atoms with van der Waals surface area (Å²) in [5.74, 6) is 0.281. The number of ether oxygens (including phenoxy) is 2. The number of aromatic hydroxyl groups is 1. The molecule has 210 valence electrons. The summed E-state index contributed by atoms with van der Waals surface area (Å²) in [7, 11) is 0. The third-order valence-electron chi connectivity index (χ3n) is 7.23. The second-order valence-corrected chi connectivity index (χ2v) is 10.5. The molecule has 0 saturated heterocycles. The molecule has 8 nitrogen and oxygen atoms in total. The SMILES string of the molecule is CCCCOCCOCCn1cc(CN(C(=O)C2CCCc3c(O)cccc32)c2ccc(C(C)C)nc2)cn1. The van der Waals surface area contributed by atoms with Crippen molar-refractivity contribution in [1.29, 1.82) is 0 Å². The van der Waals surface area contributed by atoms with Crippen molar-refractivity contribution in [2.45, 2.75) is 77.8 Å². The Hall–Kier alpha value is -3.23. The van der Waals surface area contributed by atoms with Crippen molar-refractivity contribution in [3.05, 3.63) is 71.3 Å². The molecule has 1 unspecified atom stereocenters. The lowest BCUT2D eigenvalue weighted by Crippen LogP contribution is -2.36. The van der Waals surface area contributed by atoms with E-state index in [1.807, 2.05) is 46.2 Å². The number of fused-ring (bicyclic) bond motifs is 1. The van der Waals surface area contributed by atoms with Gasteiger partial charge in [-0.15, -0.1) is 0 Å². The van der Waals surface area contributed by atoms with Crippen LogP contribution in [0.4, 0.5) is 5.69 Å². The fourth-order valence-electron chi connectivity index (χ4n) is 4.99. The normalized spacial score (nSPS) is 14.9. The summed E-state index contributed by atoms with van der Waals surface area (Å²) in [6.07, 6.45) is 10.2. The number of aromatic nitrogens is 3. The largest absolute Gasteiger partial charge is 0.508 e. The molecule has 1 N–H and O–H groups in total. The van der Waals surface area contributed by atoms with Gasteiger partial charge in [-0.25, -0.2) is 0 Å². The highest BCUT2D eigenvalue weighted by Gasteiger charge is 2.32. The highest BCUT2D eigenvalue weighted by atomic mass is 16.5. The van der Waals surface area contributed by atoms with E-state index < -0.39 is 0 Å². The van der Waals surface area contributed by atoms with E-state index in [-0.39, 0.29) is 17.6 Å². The van der Waals surface area contributed by atoms with E-state index in [4.69, 9.17) is 9.47 Å². The number of unbranched alkanes of at least 4 members (excludes halogenated alkanes) is 1. The maximum Gasteiger partial charge on any atom is 0.234 e. The zero-order valence-corrected chi connectivity index (χ0v) is 23.5. The Morgan fingerprint density at radius 2 is 1.95 bits per heavy atom. The van der Waals surface area contributed by atoms with Gasteiger partial charge in [-0.3, -0.25) is 14.5 Å². The summed E-state index contributed by atoms with van der Waals surface area (Å²) in [5.41, 5.74) is 4.50. The van der Waals surface area contributed by atoms with Gasteiger partial charge in [0.15, 0.2) is 0 Å². The molecule has 2 heterocycles. The zero-order valence-electron chi connectivity index (χ0n) is 23.5. The zero-order chi connectivity index (χ0) is 27.6. The van der Waals surface area contributed by atoms with Gasteiger partial charge in [0.25, 0.3) is 0 Å². The lowest BCUT2D eigenvalue weighted by Gasteiger charge is -2.31. The molecule has 4 rings (SSSR count). The molecule has 39 heavy (non-hydrogen) atoms. The second kappa shape index (κ2) is 14.2. The van der Waals surface area contributed by atoms with E-state index >= 15 is 0 Å². The van der Waals surface area contributed by atoms with Crippen molar-refractivity contribution in [2.75, 3.05) is 31.3 Å². The van der Waals surface area contributed by atoms with E-state index in [1.54, 1.807) is 12.3 Å². The van der Waals surface area contributed by atoms with Crippen LogP contribution in [0.25, 0.3) is 0 Å². The summed E-state index contributed by atoms with van der Waals surface area (Å²) in [6, 6.07) is 9.48. The average molecular weight is 535 g/mol. The Labute approximate surface area is 232 Å². The molecule has 0 saturated carbocycles. The van der Waals surface area contributed by atoms with Crippen LogP contribution < -0.4 is 4.90 Å². The van der Waals surface area contributed by atoms with Crippen molar-refractivity contribution in [1.82, 2.24) is 14.8 Å². The van der Waals surface area contributed by atoms with Crippen molar-refractivity contribution in [2.24, 2.45) is 0 Å². The lowest BCUT2D eigenvalue weighted by atomic mass is 9.81. The van der Waals surface area contributed by atoms with Gasteiger partial charge in [0.2, 0.25) is 5.91 Å². The van der Waals surface area contributed by atoms with E-state index in [1.165, 1.54) is 0 Å². The van der Waals surface area contributed by atoms with E-state index in [2.05, 4.69) is 30.9 Å². The summed E-state index contributed by atoms with van der Waals surface area (Å²) in [4.78, 5) is 20.5. The van der Waals surface area contributed by atoms with Crippen LogP contribution in [-0.2, 0) is 33.8 Å². The summed E-state index contributed by atoms with van der Waals surface area (Å²) >= 11 is 0. The first-order valence-electron chi connectivity index (χ1n) is 14.2. The number of nitrogens with zero attached hydrogens (tertiary/aromatic N) is 4. The number of phenols is 1. The first-order chi connectivity index (χ1) is 19.0. The minimum Gasteiger partial charge on any atom is -0.508 e. The van der Waals surface area contributed by atoms with Crippen LogP contribution in [0.15, 0.2) is 48.9 Å². The predicted octanol–water partition coefficient (Wildman–Crippen LogP) is 5.59. The Morgan fingerprint density at radius 1 is 1.13 bits per heavy atom. The Bertz CT molecular complexity index is 1190. The number of phenolic OH excluding ortho intramolecular Hbond substituents is 1. The molecule has 1 aliphatic carbocycles. The minimum atomic E-state index is -0.311. The molecule has 1 amide bonds. The van der Waals surface area contributed by atoms with Gasteiger partial charge < -0.3 is 19.5 Å². The van der Waals surface area contributed by atoms with Crippen LogP contribution >= 0.6 is 0 Å². The maximum absolute atomic E-state index is 14.1. The van der Waals surface area contributed by atoms with Gasteiger partial charge in [0, 0.05) is 24.1 Å². The molecule has 1 aromatic carbocycles. The van der Waals surface area contributed by atoms with Crippen LogP contribution in [-0.4, -0.2) is 52.2 Å². The number of benzene rings is 1. The van der Waals surface area contributed by atoms with Crippen LogP contribution in [0.5, 0.6) is 5.75 Å². The topological polar surface area (TPSA) is 89.7 Å². The highest BCUT2D eigenvalue weighted by Crippen LogP contribution is 2.38. The molecule has 1 aliphatic rings. The standard InChI is InChI=1S/C31H42N4O4/c1-4-5-15-38-17-18-39-16-14-34-21-24(19-33-34)22-35(25-12-13-29(23(2)3)32-20-25)31(37)28-10-6-9-27-26(28)8-7-11-30(27)36/h7-8,11-13,19-21,23,28,36H,4-6,9-10,14-18,22H2,1-3H3. The predicted molar refractivity (Wildman–Crippen MR) is 152 cm³/mol. The first kappa shape index (κ1) is 28.8. The molecule has 0 bridgehead atoms. The third kappa shape index (κ3) is 7.67. The first-order valence-corrected chi connectivity index (χ1v) is 14.2. The quantitative estimate of drug-likeness (QED) is 0.271. The number of anilines is 1. The van der Waals surface area contributed by atoms with E-state index in [0.717, 1.165) is 66.8 Å². The molecule has 0 aliphatic heterocycles. The number of rotatable bonds is 14. The fourth-order valence-corrected chi connectivity index (χ4v) is 4.99. The summed E-state index contributed by atoms with van der Waals surface area (Å²) in [6.45, 7) is 9.87. The van der Waals surface area contributed by atoms with Crippen LogP contribution in [0.3, 0.4) is 0 Å². The number of hydrogen-bond donors (Lipinski definition) is 1. The Morgan fingerprint density at radius 3 is 2.69 bits per heavy atom. The molecule has 0 spiro atoms. The van der Waals surface area contributed by atoms with Gasteiger partial charge in [-0.2, -0.15) is 5.10 Å². The molecule has 3 aromatic rings. The lowest BCUT2D eigenvalue weighted by molar-refractivity contribution is -0.120. The number of carbonyl (C=O) groups is 1. The molecular weight excluding hydrogens is 492 g/mol. The monoisotopic (exact) mass is 534 g/mol. The van der Waals surface area contributed by atoms with Gasteiger partial charge in [0.05, 0.1) is 56.9 Å². The highest BCUT2D eigenvalue weighted by molar-refractivity contribution is 5.98. The van der Waals surface area contributed by atoms with Crippen molar-refractivity contribution < 1.29 is 19.4 Å². The summed E-state index contributed by atoms with van der Waals surface area (Å²) in [5, 5.41) is 14.9. The Balaban J connectivity index is 1.46. The molecule has 1 atom stereocenters. The van der Waals surface area contributed by atoms with Crippen molar-refractivity contribution in [3.8, 4) is 5.75 Å². The van der Waals surface area contributed by atoms with Gasteiger partial charge in [0.1, 0.15) is 5.75 Å². The smallest absolute Gasteiger partial charge is 0.234 e. The van der Waals surface area contributed by atoms with Crippen LogP contribution in [0.2, 0.25) is 0 Å². The maximum atomic E-state index is 14.1. The molecule has 2 aromatic heterocycles. The molecular formula is C31H42N4O4. The van der Waals surface area contributed by atoms with Gasteiger partial charge >= 0.3 is 0 Å². The van der Waals surface area contributed by atoms with E-state index in [9.17, 15) is 9.90 Å². The van der Waals surface area contributed by atoms with Gasteiger partial charge in [-0.1, -0.05) is 39.3 Å². The minimum absolute atomic E-state index is 0.0137. The van der Waals surface area contributed by atoms with Crippen LogP contribution in [0, 0.1) is 0 Å².